The predicted octanol–water partition coefficient (Wildman–Crippen LogP) is 1.49. The number of hydrogen-bond acceptors (Lipinski definition) is 4. The van der Waals surface area contributed by atoms with Gasteiger partial charge in [-0.25, -0.2) is 0 Å². The van der Waals surface area contributed by atoms with Gasteiger partial charge in [-0.15, -0.1) is 0 Å². The molecular weight excluding hydrogens is 312 g/mol. The second-order valence-corrected chi connectivity index (χ2v) is 4.49. The number of nitrogens with one attached hydrogen (secondary N) is 1. The van der Waals surface area contributed by atoms with Crippen LogP contribution in [0.25, 0.3) is 0 Å². The van der Waals surface area contributed by atoms with E-state index in [2.05, 4.69) is 26.0 Å². The minimum Gasteiger partial charge on any atom is -0.434 e. The summed E-state index contributed by atoms with van der Waals surface area (Å²) in [6.07, 6.45) is 0. The van der Waals surface area contributed by atoms with E-state index in [0.717, 1.165) is 4.47 Å². The number of aliphatic hydroxyl groups excluding tert-OH is 2. The van der Waals surface area contributed by atoms with Gasteiger partial charge in [0.1, 0.15) is 5.75 Å². The molecule has 0 bridgehead atoms. The third kappa shape index (κ3) is 4.85. The highest BCUT2D eigenvalue weighted by molar-refractivity contribution is 9.10. The van der Waals surface area contributed by atoms with Gasteiger partial charge in [0.15, 0.2) is 0 Å². The molecule has 0 aliphatic heterocycles. The summed E-state index contributed by atoms with van der Waals surface area (Å²) in [5, 5.41) is 20.6. The van der Waals surface area contributed by atoms with Crippen LogP contribution < -0.4 is 10.1 Å². The number of alkyl halides is 2. The van der Waals surface area contributed by atoms with E-state index in [9.17, 15) is 8.78 Å². The van der Waals surface area contributed by atoms with E-state index in [4.69, 9.17) is 10.2 Å². The Hall–Kier alpha value is -0.760. The molecule has 0 unspecified atom stereocenters. The van der Waals surface area contributed by atoms with Gasteiger partial charge >= 0.3 is 6.61 Å². The van der Waals surface area contributed by atoms with E-state index in [0.29, 0.717) is 5.56 Å². The number of aliphatic hydroxyl groups is 2. The first kappa shape index (κ1) is 15.3. The van der Waals surface area contributed by atoms with Crippen molar-refractivity contribution in [1.82, 2.24) is 5.32 Å². The summed E-state index contributed by atoms with van der Waals surface area (Å²) in [4.78, 5) is 0. The van der Waals surface area contributed by atoms with Crippen molar-refractivity contribution < 1.29 is 23.7 Å². The molecule has 0 aromatic heterocycles. The van der Waals surface area contributed by atoms with Crippen molar-refractivity contribution in [3.63, 3.8) is 0 Å². The standard InChI is InChI=1S/C11H14BrF2NO3/c12-8-1-2-10(18-11(13)14)7(3-8)4-15-9(5-16)6-17/h1-3,9,11,15-17H,4-6H2. The van der Waals surface area contributed by atoms with Crippen molar-refractivity contribution in [2.24, 2.45) is 0 Å². The fraction of sp³-hybridized carbons (Fsp3) is 0.455. The van der Waals surface area contributed by atoms with Crippen molar-refractivity contribution >= 4 is 15.9 Å². The van der Waals surface area contributed by atoms with Crippen molar-refractivity contribution in [1.29, 1.82) is 0 Å². The Morgan fingerprint density at radius 1 is 1.28 bits per heavy atom. The Bertz CT molecular complexity index is 375. The summed E-state index contributed by atoms with van der Waals surface area (Å²) < 4.78 is 29.5. The normalized spacial score (nSPS) is 11.3. The van der Waals surface area contributed by atoms with Gasteiger partial charge in [-0.05, 0) is 18.2 Å². The van der Waals surface area contributed by atoms with Crippen LogP contribution in [0.4, 0.5) is 8.78 Å². The molecule has 4 nitrogen and oxygen atoms in total. The Balaban J connectivity index is 2.75. The van der Waals surface area contributed by atoms with Gasteiger partial charge in [0.2, 0.25) is 0 Å². The summed E-state index contributed by atoms with van der Waals surface area (Å²) in [7, 11) is 0. The topological polar surface area (TPSA) is 61.7 Å². The molecule has 0 aliphatic rings. The highest BCUT2D eigenvalue weighted by atomic mass is 79.9. The minimum absolute atomic E-state index is 0.0651. The number of hydrogen-bond donors (Lipinski definition) is 3. The van der Waals surface area contributed by atoms with E-state index < -0.39 is 12.7 Å². The maximum Gasteiger partial charge on any atom is 0.387 e. The van der Waals surface area contributed by atoms with Crippen LogP contribution in [-0.2, 0) is 6.54 Å². The van der Waals surface area contributed by atoms with E-state index in [1.54, 1.807) is 12.1 Å². The van der Waals surface area contributed by atoms with Crippen LogP contribution in [0.1, 0.15) is 5.56 Å². The number of halogens is 3. The first-order valence-corrected chi connectivity index (χ1v) is 6.04. The van der Waals surface area contributed by atoms with Crippen molar-refractivity contribution in [3.8, 4) is 5.75 Å². The van der Waals surface area contributed by atoms with Gasteiger partial charge in [0.25, 0.3) is 0 Å². The maximum atomic E-state index is 12.2. The molecule has 0 saturated heterocycles. The van der Waals surface area contributed by atoms with Gasteiger partial charge < -0.3 is 20.3 Å². The lowest BCUT2D eigenvalue weighted by atomic mass is 10.2. The molecule has 102 valence electrons. The SMILES string of the molecule is OCC(CO)NCc1cc(Br)ccc1OC(F)F. The molecule has 0 atom stereocenters. The lowest BCUT2D eigenvalue weighted by molar-refractivity contribution is -0.0505. The van der Waals surface area contributed by atoms with Gasteiger partial charge in [-0.3, -0.25) is 0 Å². The van der Waals surface area contributed by atoms with Crippen LogP contribution in [-0.4, -0.2) is 36.1 Å². The molecule has 0 amide bonds. The maximum absolute atomic E-state index is 12.2. The molecule has 0 radical (unpaired) electrons. The number of rotatable bonds is 7. The highest BCUT2D eigenvalue weighted by Gasteiger charge is 2.12. The minimum atomic E-state index is -2.89. The summed E-state index contributed by atoms with van der Waals surface area (Å²) in [6.45, 7) is -3.17. The third-order valence-electron chi connectivity index (χ3n) is 2.26. The lowest BCUT2D eigenvalue weighted by Gasteiger charge is -2.16. The van der Waals surface area contributed by atoms with Crippen LogP contribution in [0.2, 0.25) is 0 Å². The quantitative estimate of drug-likeness (QED) is 0.711. The zero-order valence-electron chi connectivity index (χ0n) is 9.44. The fourth-order valence-corrected chi connectivity index (χ4v) is 1.75. The lowest BCUT2D eigenvalue weighted by Crippen LogP contribution is -2.35. The molecule has 1 aromatic rings. The number of benzene rings is 1. The summed E-state index contributed by atoms with van der Waals surface area (Å²) in [6, 6.07) is 4.16. The van der Waals surface area contributed by atoms with E-state index in [-0.39, 0.29) is 25.5 Å². The van der Waals surface area contributed by atoms with E-state index >= 15 is 0 Å². The third-order valence-corrected chi connectivity index (χ3v) is 2.75. The van der Waals surface area contributed by atoms with Crippen molar-refractivity contribution in [2.45, 2.75) is 19.2 Å². The van der Waals surface area contributed by atoms with Crippen LogP contribution >= 0.6 is 15.9 Å². The van der Waals surface area contributed by atoms with E-state index in [1.807, 2.05) is 0 Å². The summed E-state index contributed by atoms with van der Waals surface area (Å²) in [5.41, 5.74) is 0.511. The van der Waals surface area contributed by atoms with Crippen molar-refractivity contribution in [2.75, 3.05) is 13.2 Å². The second-order valence-electron chi connectivity index (χ2n) is 3.57. The molecule has 1 aromatic carbocycles. The van der Waals surface area contributed by atoms with Crippen LogP contribution in [0.5, 0.6) is 5.75 Å². The molecular formula is C11H14BrF2NO3. The summed E-state index contributed by atoms with van der Waals surface area (Å²) >= 11 is 3.23. The number of ether oxygens (including phenoxy) is 1. The molecule has 3 N–H and O–H groups in total. The first-order valence-electron chi connectivity index (χ1n) is 5.25. The largest absolute Gasteiger partial charge is 0.434 e. The molecule has 0 heterocycles. The van der Waals surface area contributed by atoms with E-state index in [1.165, 1.54) is 6.07 Å². The Morgan fingerprint density at radius 3 is 2.50 bits per heavy atom. The molecule has 0 fully saturated rings. The molecule has 0 spiro atoms. The first-order chi connectivity index (χ1) is 8.56. The Kier molecular flexibility index (Phi) is 6.48. The molecule has 7 heteroatoms. The summed E-state index contributed by atoms with van der Waals surface area (Å²) in [5.74, 6) is 0.0651. The molecule has 1 rings (SSSR count). The smallest absolute Gasteiger partial charge is 0.387 e. The van der Waals surface area contributed by atoms with Crippen LogP contribution in [0, 0.1) is 0 Å². The highest BCUT2D eigenvalue weighted by Crippen LogP contribution is 2.24. The second kappa shape index (κ2) is 7.63. The van der Waals surface area contributed by atoms with Crippen LogP contribution in [0.3, 0.4) is 0 Å². The predicted molar refractivity (Wildman–Crippen MR) is 65.6 cm³/mol. The van der Waals surface area contributed by atoms with Crippen molar-refractivity contribution in [3.05, 3.63) is 28.2 Å². The Morgan fingerprint density at radius 2 is 1.94 bits per heavy atom. The zero-order valence-corrected chi connectivity index (χ0v) is 11.0. The van der Waals surface area contributed by atoms with Gasteiger partial charge in [-0.2, -0.15) is 8.78 Å². The van der Waals surface area contributed by atoms with Gasteiger partial charge in [-0.1, -0.05) is 15.9 Å². The molecule has 18 heavy (non-hydrogen) atoms. The van der Waals surface area contributed by atoms with Gasteiger partial charge in [0.05, 0.1) is 19.3 Å². The zero-order chi connectivity index (χ0) is 13.5. The monoisotopic (exact) mass is 325 g/mol. The molecule has 0 saturated carbocycles. The fourth-order valence-electron chi connectivity index (χ4n) is 1.34. The average molecular weight is 326 g/mol. The van der Waals surface area contributed by atoms with Crippen LogP contribution in [0.15, 0.2) is 22.7 Å². The Labute approximate surface area is 112 Å². The van der Waals surface area contributed by atoms with Gasteiger partial charge in [0, 0.05) is 16.6 Å². The average Bonchev–Trinajstić information content (AvgIpc) is 2.33. The molecule has 0 aliphatic carbocycles.